The summed E-state index contributed by atoms with van der Waals surface area (Å²) in [5, 5.41) is 0. The van der Waals surface area contributed by atoms with Crippen LogP contribution >= 0.6 is 0 Å². The minimum Gasteiger partial charge on any atom is -0.389 e. The first kappa shape index (κ1) is 9.04. The van der Waals surface area contributed by atoms with E-state index in [1.807, 2.05) is 20.8 Å². The third-order valence-corrected chi connectivity index (χ3v) is 1.73. The van der Waals surface area contributed by atoms with E-state index in [0.717, 1.165) is 6.42 Å². The summed E-state index contributed by atoms with van der Waals surface area (Å²) in [5.41, 5.74) is -0.127. The molecule has 0 aromatic rings. The van der Waals surface area contributed by atoms with Crippen LogP contribution < -0.4 is 0 Å². The summed E-state index contributed by atoms with van der Waals surface area (Å²) in [7, 11) is 1.09. The van der Waals surface area contributed by atoms with Crippen LogP contribution in [0, 0.1) is 0 Å². The van der Waals surface area contributed by atoms with Crippen LogP contribution in [0.5, 0.6) is 0 Å². The fraction of sp³-hybridized carbons (Fsp3) is 1.00. The van der Waals surface area contributed by atoms with Crippen LogP contribution in [-0.4, -0.2) is 26.1 Å². The maximum atomic E-state index is 5.45. The molecule has 0 aromatic heterocycles. The van der Waals surface area contributed by atoms with Gasteiger partial charge in [-0.25, -0.2) is 0 Å². The molecular weight excluding hydrogens is 143 g/mol. The van der Waals surface area contributed by atoms with Gasteiger partial charge in [0.2, 0.25) is 0 Å². The fourth-order valence-corrected chi connectivity index (χ4v) is 1.37. The van der Waals surface area contributed by atoms with Crippen molar-refractivity contribution in [1.82, 2.24) is 0 Å². The molecule has 3 nitrogen and oxygen atoms in total. The highest BCUT2D eigenvalue weighted by Gasteiger charge is 2.38. The standard InChI is InChI=1S/C7H15BO3/c1-6-5-7(2,3)11-8(9-4)10-6/h6H,5H2,1-4H3/t6-/m1/s1. The largest absolute Gasteiger partial charge is 0.639 e. The van der Waals surface area contributed by atoms with Gasteiger partial charge in [-0.15, -0.1) is 0 Å². The van der Waals surface area contributed by atoms with Gasteiger partial charge in [0.05, 0.1) is 5.60 Å². The quantitative estimate of drug-likeness (QED) is 0.537. The molecule has 4 heteroatoms. The summed E-state index contributed by atoms with van der Waals surface area (Å²) in [5.74, 6) is 0. The van der Waals surface area contributed by atoms with Gasteiger partial charge in [0.15, 0.2) is 0 Å². The van der Waals surface area contributed by atoms with Crippen LogP contribution in [0.1, 0.15) is 27.2 Å². The van der Waals surface area contributed by atoms with Crippen LogP contribution in [0.4, 0.5) is 0 Å². The van der Waals surface area contributed by atoms with E-state index in [4.69, 9.17) is 14.0 Å². The van der Waals surface area contributed by atoms with Gasteiger partial charge < -0.3 is 14.0 Å². The molecule has 0 aliphatic carbocycles. The third kappa shape index (κ3) is 2.47. The zero-order valence-corrected chi connectivity index (χ0v) is 7.59. The zero-order chi connectivity index (χ0) is 8.48. The van der Waals surface area contributed by atoms with Crippen LogP contribution in [0.2, 0.25) is 0 Å². The molecule has 0 radical (unpaired) electrons. The average Bonchev–Trinajstić information content (AvgIpc) is 1.83. The molecule has 11 heavy (non-hydrogen) atoms. The molecule has 0 aromatic carbocycles. The lowest BCUT2D eigenvalue weighted by atomic mass is 9.95. The SMILES string of the molecule is COB1O[C@H](C)CC(C)(C)O1. The Morgan fingerprint density at radius 1 is 1.55 bits per heavy atom. The Hall–Kier alpha value is -0.0551. The highest BCUT2D eigenvalue weighted by Crippen LogP contribution is 2.25. The van der Waals surface area contributed by atoms with E-state index in [0.29, 0.717) is 0 Å². The molecule has 0 bridgehead atoms. The van der Waals surface area contributed by atoms with Gasteiger partial charge >= 0.3 is 7.32 Å². The summed E-state index contributed by atoms with van der Waals surface area (Å²) in [6, 6.07) is 0. The number of hydrogen-bond donors (Lipinski definition) is 0. The zero-order valence-electron chi connectivity index (χ0n) is 7.59. The molecular formula is C7H15BO3. The van der Waals surface area contributed by atoms with E-state index >= 15 is 0 Å². The lowest BCUT2D eigenvalue weighted by Gasteiger charge is -2.36. The molecule has 1 saturated heterocycles. The normalized spacial score (nSPS) is 30.5. The highest BCUT2D eigenvalue weighted by atomic mass is 16.7. The molecule has 0 spiro atoms. The second-order valence-electron chi connectivity index (χ2n) is 3.55. The minimum atomic E-state index is -0.492. The van der Waals surface area contributed by atoms with E-state index in [9.17, 15) is 0 Å². The van der Waals surface area contributed by atoms with Crippen LogP contribution in [0.25, 0.3) is 0 Å². The van der Waals surface area contributed by atoms with E-state index in [-0.39, 0.29) is 11.7 Å². The van der Waals surface area contributed by atoms with Crippen LogP contribution in [0.15, 0.2) is 0 Å². The Morgan fingerprint density at radius 3 is 2.64 bits per heavy atom. The molecule has 1 rings (SSSR count). The summed E-state index contributed by atoms with van der Waals surface area (Å²) >= 11 is 0. The van der Waals surface area contributed by atoms with E-state index in [1.165, 1.54) is 0 Å². The summed E-state index contributed by atoms with van der Waals surface area (Å²) in [4.78, 5) is 0. The van der Waals surface area contributed by atoms with Crippen molar-refractivity contribution in [2.24, 2.45) is 0 Å². The molecule has 0 amide bonds. The van der Waals surface area contributed by atoms with E-state index < -0.39 is 7.32 Å². The maximum absolute atomic E-state index is 5.45. The molecule has 0 saturated carbocycles. The van der Waals surface area contributed by atoms with Gasteiger partial charge in [-0.05, 0) is 27.2 Å². The van der Waals surface area contributed by atoms with Crippen molar-refractivity contribution < 1.29 is 14.0 Å². The second-order valence-corrected chi connectivity index (χ2v) is 3.55. The number of hydrogen-bond acceptors (Lipinski definition) is 3. The highest BCUT2D eigenvalue weighted by molar-refractivity contribution is 6.36. The van der Waals surface area contributed by atoms with Crippen LogP contribution in [0.3, 0.4) is 0 Å². The molecule has 0 N–H and O–H groups in total. The van der Waals surface area contributed by atoms with Crippen molar-refractivity contribution in [2.45, 2.75) is 38.9 Å². The molecule has 1 fully saturated rings. The molecule has 1 atom stereocenters. The van der Waals surface area contributed by atoms with Crippen molar-refractivity contribution >= 4 is 7.32 Å². The Kier molecular flexibility index (Phi) is 2.57. The number of rotatable bonds is 1. The Morgan fingerprint density at radius 2 is 2.18 bits per heavy atom. The van der Waals surface area contributed by atoms with Gasteiger partial charge in [0, 0.05) is 13.2 Å². The minimum absolute atomic E-state index is 0.127. The molecule has 1 aliphatic heterocycles. The van der Waals surface area contributed by atoms with Gasteiger partial charge in [-0.3, -0.25) is 0 Å². The fourth-order valence-electron chi connectivity index (χ4n) is 1.37. The first-order chi connectivity index (χ1) is 5.03. The van der Waals surface area contributed by atoms with Crippen molar-refractivity contribution in [1.29, 1.82) is 0 Å². The lowest BCUT2D eigenvalue weighted by Crippen LogP contribution is -2.46. The summed E-state index contributed by atoms with van der Waals surface area (Å²) < 4.78 is 15.7. The predicted octanol–water partition coefficient (Wildman–Crippen LogP) is 1.22. The Labute approximate surface area is 68.2 Å². The smallest absolute Gasteiger partial charge is 0.389 e. The summed E-state index contributed by atoms with van der Waals surface area (Å²) in [6.07, 6.45) is 1.12. The van der Waals surface area contributed by atoms with Gasteiger partial charge in [-0.1, -0.05) is 0 Å². The molecule has 64 valence electrons. The molecule has 0 unspecified atom stereocenters. The Bertz CT molecular complexity index is 138. The van der Waals surface area contributed by atoms with Gasteiger partial charge in [-0.2, -0.15) is 0 Å². The van der Waals surface area contributed by atoms with E-state index in [1.54, 1.807) is 7.11 Å². The monoisotopic (exact) mass is 158 g/mol. The van der Waals surface area contributed by atoms with Crippen molar-refractivity contribution in [2.75, 3.05) is 7.11 Å². The molecule has 1 aliphatic rings. The van der Waals surface area contributed by atoms with Crippen molar-refractivity contribution in [3.8, 4) is 0 Å². The Balaban J connectivity index is 2.51. The summed E-state index contributed by atoms with van der Waals surface area (Å²) in [6.45, 7) is 6.10. The first-order valence-electron chi connectivity index (χ1n) is 3.89. The van der Waals surface area contributed by atoms with Crippen molar-refractivity contribution in [3.05, 3.63) is 0 Å². The second kappa shape index (κ2) is 3.13. The average molecular weight is 158 g/mol. The topological polar surface area (TPSA) is 27.7 Å². The maximum Gasteiger partial charge on any atom is 0.639 e. The predicted molar refractivity (Wildman–Crippen MR) is 43.1 cm³/mol. The van der Waals surface area contributed by atoms with Gasteiger partial charge in [0.1, 0.15) is 0 Å². The van der Waals surface area contributed by atoms with Crippen LogP contribution in [-0.2, 0) is 14.0 Å². The van der Waals surface area contributed by atoms with E-state index in [2.05, 4.69) is 0 Å². The first-order valence-corrected chi connectivity index (χ1v) is 3.89. The third-order valence-electron chi connectivity index (χ3n) is 1.73. The molecule has 1 heterocycles. The van der Waals surface area contributed by atoms with Crippen molar-refractivity contribution in [3.63, 3.8) is 0 Å². The lowest BCUT2D eigenvalue weighted by molar-refractivity contribution is -0.0633. The van der Waals surface area contributed by atoms with Gasteiger partial charge in [0.25, 0.3) is 0 Å².